The van der Waals surface area contributed by atoms with Gasteiger partial charge in [-0.2, -0.15) is 11.3 Å². The van der Waals surface area contributed by atoms with E-state index in [4.69, 9.17) is 13.2 Å². The van der Waals surface area contributed by atoms with Crippen molar-refractivity contribution in [3.05, 3.63) is 133 Å². The molecule has 0 aliphatic carbocycles. The third-order valence-corrected chi connectivity index (χ3v) is 8.24. The van der Waals surface area contributed by atoms with Crippen LogP contribution >= 0.6 is 22.7 Å². The van der Waals surface area contributed by atoms with Gasteiger partial charge in [0, 0.05) is 49.6 Å². The number of aryl methyl sites for hydroxylation is 2. The maximum Gasteiger partial charge on any atom is 0.124 e. The van der Waals surface area contributed by atoms with E-state index in [9.17, 15) is 0 Å². The number of aromatic nitrogens is 2. The number of hydrogen-bond donors (Lipinski definition) is 0. The summed E-state index contributed by atoms with van der Waals surface area (Å²) in [6, 6.07) is 39.0. The van der Waals surface area contributed by atoms with Crippen molar-refractivity contribution in [2.45, 2.75) is 13.7 Å². The number of benzene rings is 4. The zero-order valence-corrected chi connectivity index (χ0v) is 24.5. The average molecular weight is 723 g/mol. The number of pyridine rings is 1. The van der Waals surface area contributed by atoms with Crippen molar-refractivity contribution in [1.82, 2.24) is 9.97 Å². The number of rotatable bonds is 3. The molecule has 0 fully saturated rings. The van der Waals surface area contributed by atoms with Crippen LogP contribution in [0, 0.1) is 25.8 Å². The van der Waals surface area contributed by atoms with E-state index in [-0.39, 0.29) is 31.2 Å². The molecule has 0 spiro atoms. The van der Waals surface area contributed by atoms with Crippen LogP contribution in [0.25, 0.3) is 52.6 Å². The summed E-state index contributed by atoms with van der Waals surface area (Å²) >= 11 is 3.52. The van der Waals surface area contributed by atoms with Crippen molar-refractivity contribution in [2.24, 2.45) is 0 Å². The molecule has 5 heteroatoms. The van der Waals surface area contributed by atoms with Crippen LogP contribution in [-0.2, 0) is 20.1 Å². The van der Waals surface area contributed by atoms with Crippen molar-refractivity contribution in [3.8, 4) is 33.0 Å². The summed E-state index contributed by atoms with van der Waals surface area (Å²) in [7, 11) is 0. The van der Waals surface area contributed by atoms with Gasteiger partial charge in [0.1, 0.15) is 4.83 Å². The van der Waals surface area contributed by atoms with E-state index in [0.717, 1.165) is 15.4 Å². The minimum absolute atomic E-state index is 0. The molecule has 0 atom stereocenters. The number of hydrogen-bond acceptors (Lipinski definition) is 4. The van der Waals surface area contributed by atoms with Gasteiger partial charge >= 0.3 is 0 Å². The molecule has 193 valence electrons. The Morgan fingerprint density at radius 2 is 1.59 bits per heavy atom. The van der Waals surface area contributed by atoms with Crippen LogP contribution in [0.5, 0.6) is 0 Å². The van der Waals surface area contributed by atoms with Crippen LogP contribution in [0.4, 0.5) is 0 Å². The van der Waals surface area contributed by atoms with Crippen LogP contribution in [-0.4, -0.2) is 9.97 Å². The van der Waals surface area contributed by atoms with Gasteiger partial charge in [-0.15, -0.1) is 82.6 Å². The molecule has 0 unspecified atom stereocenters. The summed E-state index contributed by atoms with van der Waals surface area (Å²) in [6.45, 7) is -4.34. The Labute approximate surface area is 258 Å². The second-order valence-electron chi connectivity index (χ2n) is 8.53. The van der Waals surface area contributed by atoms with Crippen LogP contribution < -0.4 is 0 Å². The van der Waals surface area contributed by atoms with Crippen LogP contribution in [0.3, 0.4) is 0 Å². The number of fused-ring (bicyclic) bond motifs is 3. The third-order valence-electron chi connectivity index (χ3n) is 5.93. The van der Waals surface area contributed by atoms with E-state index >= 15 is 0 Å². The Balaban J connectivity index is 0.000000177. The van der Waals surface area contributed by atoms with Gasteiger partial charge in [-0.1, -0.05) is 55.4 Å². The topological polar surface area (TPSA) is 25.8 Å². The molecule has 0 aliphatic heterocycles. The monoisotopic (exact) mass is 723 g/mol. The first-order chi connectivity index (χ1) is 21.1. The van der Waals surface area contributed by atoms with Gasteiger partial charge in [-0.25, -0.2) is 0 Å². The molecule has 0 amide bonds. The fourth-order valence-electron chi connectivity index (χ4n) is 4.04. The Morgan fingerprint density at radius 1 is 0.744 bits per heavy atom. The minimum Gasteiger partial charge on any atom is -0.304 e. The fourth-order valence-corrected chi connectivity index (χ4v) is 6.34. The first-order valence-corrected chi connectivity index (χ1v) is 13.5. The maximum absolute atomic E-state index is 7.28. The quantitative estimate of drug-likeness (QED) is 0.170. The number of thiazole rings is 1. The maximum atomic E-state index is 7.28. The van der Waals surface area contributed by atoms with E-state index in [1.807, 2.05) is 18.2 Å². The molecule has 39 heavy (non-hydrogen) atoms. The zero-order chi connectivity index (χ0) is 30.9. The van der Waals surface area contributed by atoms with E-state index < -0.39 is 13.7 Å². The molecular weight excluding hydrogens is 693 g/mol. The molecule has 3 aromatic heterocycles. The van der Waals surface area contributed by atoms with Crippen molar-refractivity contribution in [1.29, 1.82) is 0 Å². The first kappa shape index (κ1) is 20.4. The van der Waals surface area contributed by atoms with Gasteiger partial charge in [-0.05, 0) is 41.4 Å². The van der Waals surface area contributed by atoms with Gasteiger partial charge < -0.3 is 4.98 Å². The van der Waals surface area contributed by atoms with E-state index in [0.29, 0.717) is 11.3 Å². The summed E-state index contributed by atoms with van der Waals surface area (Å²) < 4.78 is 46.2. The van der Waals surface area contributed by atoms with Gasteiger partial charge in [0.15, 0.2) is 0 Å². The predicted molar refractivity (Wildman–Crippen MR) is 163 cm³/mol. The van der Waals surface area contributed by atoms with Crippen molar-refractivity contribution in [3.63, 3.8) is 0 Å². The molecule has 0 aliphatic rings. The Kier molecular flexibility index (Phi) is 6.37. The molecule has 0 saturated heterocycles. The van der Waals surface area contributed by atoms with Crippen LogP contribution in [0.1, 0.15) is 19.4 Å². The summed E-state index contributed by atoms with van der Waals surface area (Å²) in [5, 5.41) is 2.35. The van der Waals surface area contributed by atoms with E-state index in [1.165, 1.54) is 50.3 Å². The molecule has 2 nitrogen and oxygen atoms in total. The molecule has 7 rings (SSSR count). The molecule has 4 aromatic carbocycles. The zero-order valence-electron chi connectivity index (χ0n) is 26.4. The third kappa shape index (κ3) is 6.08. The Bertz CT molecular complexity index is 1960. The summed E-state index contributed by atoms with van der Waals surface area (Å²) in [5.41, 5.74) is 5.12. The number of thiophene rings is 1. The molecule has 0 saturated carbocycles. The molecule has 0 N–H and O–H groups in total. The largest absolute Gasteiger partial charge is 0.304 e. The Morgan fingerprint density at radius 3 is 2.31 bits per heavy atom. The van der Waals surface area contributed by atoms with Crippen molar-refractivity contribution < 1.29 is 28.3 Å². The second-order valence-corrected chi connectivity index (χ2v) is 10.6. The van der Waals surface area contributed by atoms with Gasteiger partial charge in [-0.3, -0.25) is 4.98 Å². The van der Waals surface area contributed by atoms with Crippen LogP contribution in [0.15, 0.2) is 109 Å². The molecule has 3 heterocycles. The smallest absolute Gasteiger partial charge is 0.124 e. The SMILES string of the molecule is [2H]C([2H])([2H])c1c[c-]c(-c2ccc(C([2H])([2H])[2H])cn2)cc1.[Ir].[c-]1ccccc1-c1nc2sc3ccc(-c4ccccc4)cc3c2s1. The first-order valence-electron chi connectivity index (χ1n) is 14.9. The molecular formula is C34H24IrN2S2-2. The predicted octanol–water partition coefficient (Wildman–Crippen LogP) is 9.81. The average Bonchev–Trinajstić information content (AvgIpc) is 3.60. The standard InChI is InChI=1S/C21H12NS2.C13H12N.Ir/c1-3-7-14(8-4-1)16-11-12-18-17(13-16)19-21(23-18)22-20(24-19)15-9-5-2-6-10-15;1-10-3-6-12(7-4-10)13-8-5-11(2)9-14-13;/h1-9,11-13H;3-6,8-9H,1-2H3;/q2*-1;/i;1D3,2D3;. The van der Waals surface area contributed by atoms with Crippen molar-refractivity contribution >= 4 is 42.3 Å². The summed E-state index contributed by atoms with van der Waals surface area (Å²) in [4.78, 5) is 10.0. The van der Waals surface area contributed by atoms with Crippen molar-refractivity contribution in [2.75, 3.05) is 0 Å². The van der Waals surface area contributed by atoms with Crippen LogP contribution in [0.2, 0.25) is 0 Å². The summed E-state index contributed by atoms with van der Waals surface area (Å²) in [6.07, 6.45) is 1.30. The number of nitrogens with zero attached hydrogens (tertiary/aromatic N) is 2. The Hall–Kier alpha value is -3.47. The molecule has 0 bridgehead atoms. The minimum atomic E-state index is -2.18. The van der Waals surface area contributed by atoms with E-state index in [1.54, 1.807) is 34.8 Å². The fraction of sp³-hybridized carbons (Fsp3) is 0.0588. The van der Waals surface area contributed by atoms with Gasteiger partial charge in [0.2, 0.25) is 0 Å². The summed E-state index contributed by atoms with van der Waals surface area (Å²) in [5.74, 6) is 0. The second kappa shape index (κ2) is 12.1. The molecule has 7 aromatic rings. The van der Waals surface area contributed by atoms with Gasteiger partial charge in [0.05, 0.1) is 4.70 Å². The van der Waals surface area contributed by atoms with E-state index in [2.05, 4.69) is 71.7 Å². The molecule has 1 radical (unpaired) electrons. The normalized spacial score (nSPS) is 13.5. The van der Waals surface area contributed by atoms with Gasteiger partial charge in [0.25, 0.3) is 0 Å².